The second kappa shape index (κ2) is 6.15. The number of H-pyrrole nitrogens is 1. The first-order valence-electron chi connectivity index (χ1n) is 9.64. The van der Waals surface area contributed by atoms with Crippen LogP contribution in [0.3, 0.4) is 0 Å². The second-order valence-electron chi connectivity index (χ2n) is 7.84. The first-order chi connectivity index (χ1) is 12.7. The molecule has 5 rings (SSSR count). The van der Waals surface area contributed by atoms with E-state index < -0.39 is 0 Å². The van der Waals surface area contributed by atoms with Crippen molar-refractivity contribution in [2.75, 3.05) is 54.0 Å². The van der Waals surface area contributed by atoms with Crippen LogP contribution in [0.2, 0.25) is 0 Å². The molecule has 2 atom stereocenters. The number of ether oxygens (including phenoxy) is 2. The van der Waals surface area contributed by atoms with Gasteiger partial charge >= 0.3 is 0 Å². The lowest BCUT2D eigenvalue weighted by Gasteiger charge is -2.53. The molecule has 0 spiro atoms. The van der Waals surface area contributed by atoms with Crippen molar-refractivity contribution in [2.24, 2.45) is 0 Å². The lowest BCUT2D eigenvalue weighted by atomic mass is 9.92. The summed E-state index contributed by atoms with van der Waals surface area (Å²) in [6.07, 6.45) is 2.85. The molecule has 26 heavy (non-hydrogen) atoms. The molecule has 140 valence electrons. The maximum absolute atomic E-state index is 5.53. The van der Waals surface area contributed by atoms with Crippen LogP contribution in [0.25, 0.3) is 10.9 Å². The Morgan fingerprint density at radius 3 is 2.65 bits per heavy atom. The Balaban J connectivity index is 1.55. The minimum atomic E-state index is 0.496. The summed E-state index contributed by atoms with van der Waals surface area (Å²) < 4.78 is 11.0. The van der Waals surface area contributed by atoms with Crippen LogP contribution >= 0.6 is 0 Å². The molecule has 0 bridgehead atoms. The molecule has 2 aromatic rings. The van der Waals surface area contributed by atoms with Crippen molar-refractivity contribution < 1.29 is 9.47 Å². The van der Waals surface area contributed by atoms with Crippen LogP contribution in [0.15, 0.2) is 12.1 Å². The molecule has 0 saturated carbocycles. The molecule has 0 radical (unpaired) electrons. The Morgan fingerprint density at radius 1 is 1.04 bits per heavy atom. The summed E-state index contributed by atoms with van der Waals surface area (Å²) in [6.45, 7) is 5.85. The van der Waals surface area contributed by atoms with Crippen molar-refractivity contribution in [1.29, 1.82) is 0 Å². The number of methoxy groups -OCH3 is 2. The first-order valence-corrected chi connectivity index (χ1v) is 9.64. The molecule has 0 amide bonds. The van der Waals surface area contributed by atoms with Gasteiger partial charge in [-0.2, -0.15) is 0 Å². The number of nitrogens with zero attached hydrogens (tertiary/aromatic N) is 3. The van der Waals surface area contributed by atoms with Gasteiger partial charge in [-0.1, -0.05) is 0 Å². The van der Waals surface area contributed by atoms with E-state index in [-0.39, 0.29) is 0 Å². The zero-order valence-corrected chi connectivity index (χ0v) is 15.9. The topological polar surface area (TPSA) is 44.0 Å². The highest BCUT2D eigenvalue weighted by molar-refractivity contribution is 5.88. The molecule has 1 aromatic carbocycles. The van der Waals surface area contributed by atoms with Crippen LogP contribution in [0, 0.1) is 0 Å². The van der Waals surface area contributed by atoms with Crippen LogP contribution in [-0.4, -0.2) is 79.8 Å². The monoisotopic (exact) mass is 356 g/mol. The Kier molecular flexibility index (Phi) is 3.88. The Hall–Kier alpha value is -1.76. The fraction of sp³-hybridized carbons (Fsp3) is 0.600. The fourth-order valence-corrected chi connectivity index (χ4v) is 5.18. The minimum absolute atomic E-state index is 0.496. The quantitative estimate of drug-likeness (QED) is 0.892. The number of hydrogen-bond acceptors (Lipinski definition) is 5. The van der Waals surface area contributed by atoms with Gasteiger partial charge in [-0.25, -0.2) is 0 Å². The molecule has 6 heteroatoms. The largest absolute Gasteiger partial charge is 0.493 e. The molecule has 2 saturated heterocycles. The highest BCUT2D eigenvalue weighted by atomic mass is 16.5. The maximum atomic E-state index is 5.53. The molecule has 6 nitrogen and oxygen atoms in total. The van der Waals surface area contributed by atoms with Crippen molar-refractivity contribution in [2.45, 2.75) is 25.0 Å². The van der Waals surface area contributed by atoms with Gasteiger partial charge in [-0.15, -0.1) is 0 Å². The van der Waals surface area contributed by atoms with E-state index in [4.69, 9.17) is 9.47 Å². The van der Waals surface area contributed by atoms with Gasteiger partial charge in [0.2, 0.25) is 0 Å². The molecule has 2 fully saturated rings. The van der Waals surface area contributed by atoms with Crippen molar-refractivity contribution in [3.63, 3.8) is 0 Å². The molecule has 0 aliphatic carbocycles. The third-order valence-corrected chi connectivity index (χ3v) is 6.53. The molecule has 1 N–H and O–H groups in total. The Morgan fingerprint density at radius 2 is 1.85 bits per heavy atom. The zero-order valence-electron chi connectivity index (χ0n) is 15.9. The summed E-state index contributed by atoms with van der Waals surface area (Å²) >= 11 is 0. The van der Waals surface area contributed by atoms with Crippen molar-refractivity contribution >= 4 is 10.9 Å². The number of piperazine rings is 1. The van der Waals surface area contributed by atoms with Crippen LogP contribution in [0.1, 0.15) is 23.7 Å². The number of aromatic amines is 1. The summed E-state index contributed by atoms with van der Waals surface area (Å²) in [7, 11) is 5.65. The standard InChI is InChI=1S/C20H28N4O2/c1-22-8-9-23-6-5-16-20-13(4-7-24(16)19(23)12-22)14-10-17(25-2)18(26-3)11-15(14)21-20/h10-11,16,19,21H,4-9,12H2,1-3H3/t16-,19-/m1/s1. The van der Waals surface area contributed by atoms with E-state index >= 15 is 0 Å². The van der Waals surface area contributed by atoms with E-state index in [9.17, 15) is 0 Å². The average Bonchev–Trinajstić information content (AvgIpc) is 3.04. The zero-order chi connectivity index (χ0) is 17.8. The van der Waals surface area contributed by atoms with Gasteiger partial charge in [-0.3, -0.25) is 9.80 Å². The van der Waals surface area contributed by atoms with Gasteiger partial charge in [0.1, 0.15) is 0 Å². The first kappa shape index (κ1) is 16.4. The van der Waals surface area contributed by atoms with Gasteiger partial charge in [-0.05, 0) is 31.5 Å². The van der Waals surface area contributed by atoms with E-state index in [1.165, 1.54) is 42.7 Å². The van der Waals surface area contributed by atoms with Crippen molar-refractivity contribution in [1.82, 2.24) is 19.7 Å². The van der Waals surface area contributed by atoms with E-state index in [2.05, 4.69) is 38.9 Å². The lowest BCUT2D eigenvalue weighted by molar-refractivity contribution is -0.0772. The number of benzene rings is 1. The highest BCUT2D eigenvalue weighted by Crippen LogP contribution is 2.43. The maximum Gasteiger partial charge on any atom is 0.162 e. The number of aromatic nitrogens is 1. The number of hydrogen-bond donors (Lipinski definition) is 1. The number of rotatable bonds is 2. The van der Waals surface area contributed by atoms with Gasteiger partial charge in [0, 0.05) is 55.4 Å². The normalized spacial score (nSPS) is 27.0. The van der Waals surface area contributed by atoms with Crippen LogP contribution < -0.4 is 9.47 Å². The molecule has 1 aromatic heterocycles. The molecule has 3 aliphatic heterocycles. The molecule has 4 heterocycles. The second-order valence-corrected chi connectivity index (χ2v) is 7.84. The van der Waals surface area contributed by atoms with Gasteiger partial charge < -0.3 is 19.4 Å². The summed E-state index contributed by atoms with van der Waals surface area (Å²) in [5.41, 5.74) is 4.05. The van der Waals surface area contributed by atoms with Gasteiger partial charge in [0.25, 0.3) is 0 Å². The minimum Gasteiger partial charge on any atom is -0.493 e. The molecular formula is C20H28N4O2. The predicted molar refractivity (Wildman–Crippen MR) is 102 cm³/mol. The summed E-state index contributed by atoms with van der Waals surface area (Å²) in [6, 6.07) is 4.72. The summed E-state index contributed by atoms with van der Waals surface area (Å²) in [5.74, 6) is 1.60. The Labute approximate surface area is 154 Å². The van der Waals surface area contributed by atoms with Crippen LogP contribution in [0.4, 0.5) is 0 Å². The average molecular weight is 356 g/mol. The van der Waals surface area contributed by atoms with Crippen molar-refractivity contribution in [3.8, 4) is 11.5 Å². The van der Waals surface area contributed by atoms with Gasteiger partial charge in [0.15, 0.2) is 11.5 Å². The van der Waals surface area contributed by atoms with E-state index in [1.807, 2.05) is 0 Å². The van der Waals surface area contributed by atoms with Crippen molar-refractivity contribution in [3.05, 3.63) is 23.4 Å². The SMILES string of the molecule is COc1cc2[nH]c3c(c2cc1OC)CCN1[C@@H]3CCN2CCN(C)C[C@H]21. The smallest absolute Gasteiger partial charge is 0.162 e. The molecular weight excluding hydrogens is 328 g/mol. The summed E-state index contributed by atoms with van der Waals surface area (Å²) in [5, 5.41) is 1.29. The van der Waals surface area contributed by atoms with E-state index in [0.717, 1.165) is 36.5 Å². The van der Waals surface area contributed by atoms with Crippen LogP contribution in [-0.2, 0) is 6.42 Å². The van der Waals surface area contributed by atoms with E-state index in [0.29, 0.717) is 12.2 Å². The predicted octanol–water partition coefficient (Wildman–Crippen LogP) is 2.06. The molecule has 3 aliphatic rings. The van der Waals surface area contributed by atoms with Crippen LogP contribution in [0.5, 0.6) is 11.5 Å². The third kappa shape index (κ3) is 2.36. The molecule has 0 unspecified atom stereocenters. The highest BCUT2D eigenvalue weighted by Gasteiger charge is 2.42. The Bertz CT molecular complexity index is 833. The van der Waals surface area contributed by atoms with E-state index in [1.54, 1.807) is 14.2 Å². The number of fused-ring (bicyclic) bond motifs is 7. The lowest BCUT2D eigenvalue weighted by Crippen LogP contribution is -2.64. The fourth-order valence-electron chi connectivity index (χ4n) is 5.18. The number of likely N-dealkylation sites (N-methyl/N-ethyl adjacent to an activating group) is 1. The third-order valence-electron chi connectivity index (χ3n) is 6.53. The van der Waals surface area contributed by atoms with Gasteiger partial charge in [0.05, 0.1) is 26.4 Å². The summed E-state index contributed by atoms with van der Waals surface area (Å²) in [4.78, 5) is 11.6. The number of nitrogens with one attached hydrogen (secondary N) is 1.